The molecule has 360 valence electrons. The van der Waals surface area contributed by atoms with Crippen molar-refractivity contribution in [3.63, 3.8) is 0 Å². The zero-order valence-electron chi connectivity index (χ0n) is 36.3. The van der Waals surface area contributed by atoms with Gasteiger partial charge in [0.25, 0.3) is 25.6 Å². The van der Waals surface area contributed by atoms with Gasteiger partial charge in [0.2, 0.25) is 5.69 Å². The SMILES string of the molecule is CCCCC([N+]1=C(C=CC=CC=CC=C2N(CCCS(=O)(=O)O)c3cc(I)cc(I)c3C2(C)CCCCCC(=O)O)C(C)(CCCCS(=O)(=O)O)c2cc(S(=O)(=O)[O-])ccc21)S(=O)(=O)O. The second-order valence-corrected chi connectivity index (χ2v) is 25.1. The van der Waals surface area contributed by atoms with Crippen LogP contribution in [0, 0.1) is 7.14 Å². The van der Waals surface area contributed by atoms with Crippen molar-refractivity contribution in [1.82, 2.24) is 0 Å². The number of rotatable bonds is 25. The molecule has 0 bridgehead atoms. The van der Waals surface area contributed by atoms with Crippen molar-refractivity contribution in [3.05, 3.63) is 96.8 Å². The third-order valence-electron chi connectivity index (χ3n) is 11.7. The van der Waals surface area contributed by atoms with Crippen LogP contribution in [0.2, 0.25) is 0 Å². The minimum atomic E-state index is -4.96. The third kappa shape index (κ3) is 14.7. The lowest BCUT2D eigenvalue weighted by Gasteiger charge is -2.31. The molecule has 0 fully saturated rings. The van der Waals surface area contributed by atoms with Gasteiger partial charge in [0.1, 0.15) is 10.1 Å². The van der Waals surface area contributed by atoms with Crippen LogP contribution in [0.25, 0.3) is 0 Å². The first-order valence-corrected chi connectivity index (χ1v) is 29.3. The van der Waals surface area contributed by atoms with E-state index in [1.165, 1.54) is 16.7 Å². The highest BCUT2D eigenvalue weighted by Gasteiger charge is 2.52. The van der Waals surface area contributed by atoms with E-state index in [0.29, 0.717) is 37.8 Å². The first-order valence-electron chi connectivity index (χ1n) is 21.0. The molecule has 2 aliphatic rings. The average Bonchev–Trinajstić information content (AvgIpc) is 3.54. The first kappa shape index (κ1) is 55.0. The summed E-state index contributed by atoms with van der Waals surface area (Å²) in [4.78, 5) is 12.7. The minimum absolute atomic E-state index is 0.00401. The van der Waals surface area contributed by atoms with Gasteiger partial charge in [-0.25, -0.2) is 8.42 Å². The maximum atomic E-state index is 13.1. The van der Waals surface area contributed by atoms with Gasteiger partial charge in [-0.15, -0.1) is 0 Å². The molecule has 0 aliphatic carbocycles. The minimum Gasteiger partial charge on any atom is -0.744 e. The van der Waals surface area contributed by atoms with E-state index in [9.17, 15) is 61.8 Å². The van der Waals surface area contributed by atoms with Crippen LogP contribution in [0.1, 0.15) is 109 Å². The Morgan fingerprint density at radius 3 is 2.03 bits per heavy atom. The molecule has 65 heavy (non-hydrogen) atoms. The van der Waals surface area contributed by atoms with Crippen LogP contribution in [0.5, 0.6) is 0 Å². The Balaban J connectivity index is 1.80. The van der Waals surface area contributed by atoms with Gasteiger partial charge < -0.3 is 14.6 Å². The highest BCUT2D eigenvalue weighted by atomic mass is 127. The van der Waals surface area contributed by atoms with E-state index >= 15 is 0 Å². The number of allylic oxidation sites excluding steroid dienone is 8. The van der Waals surface area contributed by atoms with E-state index in [4.69, 9.17) is 0 Å². The van der Waals surface area contributed by atoms with Crippen LogP contribution in [0.4, 0.5) is 11.4 Å². The number of aliphatic carboxylic acids is 1. The molecular formula is C43H56I2N2O14S4. The molecule has 0 radical (unpaired) electrons. The third-order valence-corrected chi connectivity index (χ3v) is 16.8. The molecule has 4 rings (SSSR count). The number of carbonyl (C=O) groups is 1. The van der Waals surface area contributed by atoms with Crippen LogP contribution in [-0.4, -0.2) is 96.7 Å². The maximum absolute atomic E-state index is 13.1. The molecule has 2 aromatic rings. The maximum Gasteiger partial charge on any atom is 0.329 e. The predicted molar refractivity (Wildman–Crippen MR) is 266 cm³/mol. The highest BCUT2D eigenvalue weighted by molar-refractivity contribution is 14.1. The summed E-state index contributed by atoms with van der Waals surface area (Å²) in [6, 6.07) is 7.67. The second kappa shape index (κ2) is 22.7. The monoisotopic (exact) mass is 1210 g/mol. The van der Waals surface area contributed by atoms with Gasteiger partial charge in [0, 0.05) is 66.6 Å². The normalized spacial score (nSPS) is 20.5. The van der Waals surface area contributed by atoms with Gasteiger partial charge >= 0.3 is 16.1 Å². The van der Waals surface area contributed by atoms with Gasteiger partial charge in [-0.2, -0.15) is 29.8 Å². The predicted octanol–water partition coefficient (Wildman–Crippen LogP) is 8.26. The number of unbranched alkanes of at least 4 members (excludes halogenated alkanes) is 4. The van der Waals surface area contributed by atoms with Gasteiger partial charge in [0.15, 0.2) is 5.71 Å². The fraction of sp³-hybridized carbons (Fsp3) is 0.488. The zero-order valence-corrected chi connectivity index (χ0v) is 43.8. The quantitative estimate of drug-likeness (QED) is 0.0240. The lowest BCUT2D eigenvalue weighted by molar-refractivity contribution is -0.458. The Morgan fingerprint density at radius 2 is 1.42 bits per heavy atom. The summed E-state index contributed by atoms with van der Waals surface area (Å²) in [6.07, 6.45) is 16.3. The number of carboxylic acids is 1. The Morgan fingerprint density at radius 1 is 0.800 bits per heavy atom. The number of nitrogens with zero attached hydrogens (tertiary/aromatic N) is 2. The lowest BCUT2D eigenvalue weighted by Crippen LogP contribution is -2.37. The average molecular weight is 1210 g/mol. The molecule has 4 N–H and O–H groups in total. The summed E-state index contributed by atoms with van der Waals surface area (Å²) in [5.41, 5.74) is 1.95. The van der Waals surface area contributed by atoms with Crippen molar-refractivity contribution >= 4 is 109 Å². The lowest BCUT2D eigenvalue weighted by atomic mass is 9.75. The molecule has 0 aromatic heterocycles. The van der Waals surface area contributed by atoms with Crippen LogP contribution in [0.3, 0.4) is 0 Å². The summed E-state index contributed by atoms with van der Waals surface area (Å²) in [5, 5.41) is 7.68. The summed E-state index contributed by atoms with van der Waals surface area (Å²) < 4.78 is 142. The Labute approximate surface area is 410 Å². The number of carboxylic acid groups (broad SMARTS) is 1. The van der Waals surface area contributed by atoms with Gasteiger partial charge in [-0.3, -0.25) is 18.5 Å². The van der Waals surface area contributed by atoms with Crippen molar-refractivity contribution in [1.29, 1.82) is 0 Å². The molecule has 0 saturated heterocycles. The largest absolute Gasteiger partial charge is 0.744 e. The van der Waals surface area contributed by atoms with Crippen molar-refractivity contribution in [3.8, 4) is 0 Å². The van der Waals surface area contributed by atoms with E-state index < -0.39 is 79.0 Å². The molecule has 2 heterocycles. The number of halogens is 2. The molecule has 22 heteroatoms. The van der Waals surface area contributed by atoms with Crippen LogP contribution in [-0.2, 0) is 56.1 Å². The number of hydrogen-bond donors (Lipinski definition) is 4. The Kier molecular flexibility index (Phi) is 19.2. The van der Waals surface area contributed by atoms with E-state index in [1.807, 2.05) is 25.1 Å². The molecular weight excluding hydrogens is 1150 g/mol. The van der Waals surface area contributed by atoms with E-state index in [-0.39, 0.29) is 56.3 Å². The van der Waals surface area contributed by atoms with E-state index in [1.54, 1.807) is 37.3 Å². The summed E-state index contributed by atoms with van der Waals surface area (Å²) in [6.45, 7) is 5.95. The summed E-state index contributed by atoms with van der Waals surface area (Å²) in [5.74, 6) is -1.84. The van der Waals surface area contributed by atoms with Crippen LogP contribution >= 0.6 is 45.2 Å². The number of benzene rings is 2. The van der Waals surface area contributed by atoms with Crippen LogP contribution in [0.15, 0.2) is 83.5 Å². The smallest absolute Gasteiger partial charge is 0.329 e. The van der Waals surface area contributed by atoms with Crippen molar-refractivity contribution in [2.75, 3.05) is 23.0 Å². The number of fused-ring (bicyclic) bond motifs is 2. The van der Waals surface area contributed by atoms with E-state index in [0.717, 1.165) is 36.6 Å². The van der Waals surface area contributed by atoms with Gasteiger partial charge in [-0.05, 0) is 128 Å². The molecule has 0 saturated carbocycles. The topological polar surface area (TPSA) is 264 Å². The molecule has 3 unspecified atom stereocenters. The van der Waals surface area contributed by atoms with Crippen molar-refractivity contribution < 1.29 is 66.4 Å². The molecule has 2 aliphatic heterocycles. The molecule has 3 atom stereocenters. The molecule has 2 aromatic carbocycles. The van der Waals surface area contributed by atoms with E-state index in [2.05, 4.69) is 63.1 Å². The molecule has 0 amide bonds. The fourth-order valence-electron chi connectivity index (χ4n) is 8.71. The Bertz CT molecular complexity index is 2720. The Hall–Kier alpha value is -2.56. The first-order chi connectivity index (χ1) is 30.1. The van der Waals surface area contributed by atoms with Crippen LogP contribution < -0.4 is 4.90 Å². The molecule has 0 spiro atoms. The number of hydrogen-bond acceptors (Lipinski definition) is 11. The van der Waals surface area contributed by atoms with Gasteiger partial charge in [0.05, 0.1) is 21.8 Å². The van der Waals surface area contributed by atoms with Crippen molar-refractivity contribution in [2.24, 2.45) is 0 Å². The second-order valence-electron chi connectivity index (χ2n) is 16.6. The summed E-state index contributed by atoms with van der Waals surface area (Å²) in [7, 11) is -18.3. The summed E-state index contributed by atoms with van der Waals surface area (Å²) >= 11 is 4.53. The standard InChI is InChI=1S/C43H56I2N2O14S4/c1-4-5-19-39(65(59,60)61)47-35-22-21-32(64(56,57)58)30-33(35)42(2,23-14-15-26-62(50,51)52)38(47)18-11-8-6-7-10-17-37-43(3,24-13-9-12-20-40(48)49)41-34(45)28-31(44)29-36(41)46(37)25-16-27-63(53,54)55/h6-8,10-11,17-18,21-22,28-30,39H,4-5,9,12-16,19-20,23-27H2,1-3H3,(H4-,48,49,50,51,52,53,54,55,56,57,58,59,60,61). The molecule has 16 nitrogen and oxygen atoms in total. The number of anilines is 1. The fourth-order valence-corrected chi connectivity index (χ4v) is 13.6. The van der Waals surface area contributed by atoms with Crippen molar-refractivity contribution in [2.45, 2.75) is 119 Å². The zero-order chi connectivity index (χ0) is 48.6. The highest BCUT2D eigenvalue weighted by Crippen LogP contribution is 2.53. The van der Waals surface area contributed by atoms with Gasteiger partial charge in [-0.1, -0.05) is 63.0 Å².